The molecule has 0 spiro atoms. The number of amides is 4. The molecule has 5 unspecified atom stereocenters. The minimum atomic E-state index is -1.31. The molecule has 226 valence electrons. The number of aromatic nitrogens is 3. The number of carbonyl (C=O) groups is 5. The topological polar surface area (TPSA) is 238 Å². The maximum atomic E-state index is 13.4. The van der Waals surface area contributed by atoms with E-state index in [9.17, 15) is 29.1 Å². The van der Waals surface area contributed by atoms with Crippen LogP contribution in [0.5, 0.6) is 0 Å². The highest BCUT2D eigenvalue weighted by molar-refractivity contribution is 5.94. The van der Waals surface area contributed by atoms with Crippen molar-refractivity contribution in [2.75, 3.05) is 0 Å². The number of fused-ring (bicyclic) bond motifs is 1. The molecule has 1 aromatic carbocycles. The molecule has 14 heteroatoms. The summed E-state index contributed by atoms with van der Waals surface area (Å²) >= 11 is 0. The number of hydrogen-bond acceptors (Lipinski definition) is 7. The number of imidazole rings is 1. The van der Waals surface area contributed by atoms with Crippen molar-refractivity contribution in [3.8, 4) is 0 Å². The molecule has 10 N–H and O–H groups in total. The molecule has 0 saturated carbocycles. The zero-order chi connectivity index (χ0) is 30.8. The third kappa shape index (κ3) is 8.64. The van der Waals surface area contributed by atoms with Crippen LogP contribution in [0.1, 0.15) is 44.4 Å². The van der Waals surface area contributed by atoms with Crippen LogP contribution in [0.25, 0.3) is 10.9 Å². The van der Waals surface area contributed by atoms with Crippen LogP contribution in [0.15, 0.2) is 43.0 Å². The number of aliphatic carboxylic acids is 1. The number of primary amides is 1. The van der Waals surface area contributed by atoms with Crippen molar-refractivity contribution >= 4 is 40.5 Å². The van der Waals surface area contributed by atoms with Gasteiger partial charge in [-0.05, 0) is 24.0 Å². The summed E-state index contributed by atoms with van der Waals surface area (Å²) in [4.78, 5) is 73.0. The van der Waals surface area contributed by atoms with E-state index in [1.165, 1.54) is 12.5 Å². The monoisotopic (exact) mass is 582 g/mol. The molecule has 42 heavy (non-hydrogen) atoms. The van der Waals surface area contributed by atoms with Gasteiger partial charge in [0.1, 0.15) is 18.1 Å². The zero-order valence-electron chi connectivity index (χ0n) is 23.6. The standard InChI is InChI=1S/C28H38N8O6/c1-3-15(2)24(30)27(40)34-20(8-9-23(29)37)25(38)35-21(11-17-13-31-14-33-17)26(39)36-22(28(41)42)10-16-12-32-19-7-5-4-6-18(16)19/h4-7,12-15,20-22,24,32H,3,8-11,30H2,1-2H3,(H2,29,37)(H,31,33)(H,34,40)(H,35,38)(H,36,39)(H,41,42). The molecule has 0 radical (unpaired) electrons. The van der Waals surface area contributed by atoms with Gasteiger partial charge in [0.2, 0.25) is 23.6 Å². The second-order valence-electron chi connectivity index (χ2n) is 10.3. The van der Waals surface area contributed by atoms with Crippen LogP contribution >= 0.6 is 0 Å². The van der Waals surface area contributed by atoms with Crippen LogP contribution in [0.2, 0.25) is 0 Å². The van der Waals surface area contributed by atoms with Gasteiger partial charge in [0.15, 0.2) is 0 Å². The van der Waals surface area contributed by atoms with E-state index in [1.54, 1.807) is 13.1 Å². The van der Waals surface area contributed by atoms with E-state index in [2.05, 4.69) is 30.9 Å². The molecular weight excluding hydrogens is 544 g/mol. The molecule has 0 fully saturated rings. The summed E-state index contributed by atoms with van der Waals surface area (Å²) in [5, 5.41) is 18.4. The molecular formula is C28H38N8O6. The number of aromatic amines is 2. The number of benzene rings is 1. The normalized spacial score (nSPS) is 14.7. The molecule has 0 aliphatic carbocycles. The van der Waals surface area contributed by atoms with Crippen molar-refractivity contribution in [2.45, 2.75) is 70.1 Å². The Labute approximate surface area is 242 Å². The Hall–Kier alpha value is -4.72. The van der Waals surface area contributed by atoms with Gasteiger partial charge in [-0.3, -0.25) is 19.2 Å². The predicted octanol–water partition coefficient (Wildman–Crippen LogP) is -0.146. The second kappa shape index (κ2) is 14.8. The Balaban J connectivity index is 1.80. The minimum Gasteiger partial charge on any atom is -0.480 e. The molecule has 5 atom stereocenters. The molecule has 2 aromatic heterocycles. The van der Waals surface area contributed by atoms with E-state index in [0.29, 0.717) is 17.7 Å². The number of nitrogens with one attached hydrogen (secondary N) is 5. The van der Waals surface area contributed by atoms with Gasteiger partial charge in [-0.25, -0.2) is 9.78 Å². The van der Waals surface area contributed by atoms with Crippen molar-refractivity contribution in [1.82, 2.24) is 30.9 Å². The minimum absolute atomic E-state index is 0.0133. The number of carboxylic acid groups (broad SMARTS) is 1. The fourth-order valence-electron chi connectivity index (χ4n) is 4.43. The Morgan fingerprint density at radius 2 is 1.62 bits per heavy atom. The summed E-state index contributed by atoms with van der Waals surface area (Å²) in [5.41, 5.74) is 13.3. The highest BCUT2D eigenvalue weighted by Gasteiger charge is 2.32. The fourth-order valence-corrected chi connectivity index (χ4v) is 4.43. The summed E-state index contributed by atoms with van der Waals surface area (Å²) < 4.78 is 0. The smallest absolute Gasteiger partial charge is 0.326 e. The quantitative estimate of drug-likeness (QED) is 0.113. The van der Waals surface area contributed by atoms with Crippen molar-refractivity contribution < 1.29 is 29.1 Å². The van der Waals surface area contributed by atoms with E-state index >= 15 is 0 Å². The summed E-state index contributed by atoms with van der Waals surface area (Å²) in [6.45, 7) is 3.67. The molecule has 0 aliphatic rings. The van der Waals surface area contributed by atoms with Crippen molar-refractivity contribution in [3.05, 3.63) is 54.2 Å². The number of carbonyl (C=O) groups excluding carboxylic acids is 4. The van der Waals surface area contributed by atoms with Crippen LogP contribution < -0.4 is 27.4 Å². The van der Waals surface area contributed by atoms with Crippen LogP contribution in [-0.4, -0.2) is 73.8 Å². The predicted molar refractivity (Wildman–Crippen MR) is 154 cm³/mol. The lowest BCUT2D eigenvalue weighted by Crippen LogP contribution is -2.58. The first kappa shape index (κ1) is 31.8. The summed E-state index contributed by atoms with van der Waals surface area (Å²) in [6, 6.07) is 2.69. The van der Waals surface area contributed by atoms with Crippen LogP contribution in [0, 0.1) is 5.92 Å². The highest BCUT2D eigenvalue weighted by Crippen LogP contribution is 2.19. The number of H-pyrrole nitrogens is 2. The lowest BCUT2D eigenvalue weighted by atomic mass is 9.98. The van der Waals surface area contributed by atoms with Crippen LogP contribution in [0.4, 0.5) is 0 Å². The Morgan fingerprint density at radius 3 is 2.26 bits per heavy atom. The van der Waals surface area contributed by atoms with Gasteiger partial charge in [0.05, 0.1) is 12.4 Å². The number of hydrogen-bond donors (Lipinski definition) is 8. The molecule has 2 heterocycles. The highest BCUT2D eigenvalue weighted by atomic mass is 16.4. The maximum Gasteiger partial charge on any atom is 0.326 e. The van der Waals surface area contributed by atoms with Crippen LogP contribution in [-0.2, 0) is 36.8 Å². The van der Waals surface area contributed by atoms with Gasteiger partial charge in [-0.1, -0.05) is 38.5 Å². The number of nitrogens with two attached hydrogens (primary N) is 2. The molecule has 3 rings (SSSR count). The van der Waals surface area contributed by atoms with Crippen molar-refractivity contribution in [3.63, 3.8) is 0 Å². The average Bonchev–Trinajstić information content (AvgIpc) is 3.63. The first-order valence-electron chi connectivity index (χ1n) is 13.7. The number of para-hydroxylation sites is 1. The third-order valence-corrected chi connectivity index (χ3v) is 7.20. The second-order valence-corrected chi connectivity index (χ2v) is 10.3. The number of rotatable bonds is 16. The van der Waals surface area contributed by atoms with E-state index in [0.717, 1.165) is 10.9 Å². The van der Waals surface area contributed by atoms with Crippen molar-refractivity contribution in [1.29, 1.82) is 0 Å². The third-order valence-electron chi connectivity index (χ3n) is 7.20. The Kier molecular flexibility index (Phi) is 11.2. The van der Waals surface area contributed by atoms with E-state index in [-0.39, 0.29) is 31.6 Å². The molecule has 0 saturated heterocycles. The number of nitrogens with zero attached hydrogens (tertiary/aromatic N) is 1. The lowest BCUT2D eigenvalue weighted by molar-refractivity contribution is -0.142. The molecule has 4 amide bonds. The van der Waals surface area contributed by atoms with E-state index < -0.39 is 53.8 Å². The Morgan fingerprint density at radius 1 is 0.952 bits per heavy atom. The van der Waals surface area contributed by atoms with E-state index in [4.69, 9.17) is 11.5 Å². The number of carboxylic acids is 1. The van der Waals surface area contributed by atoms with Gasteiger partial charge in [0.25, 0.3) is 0 Å². The van der Waals surface area contributed by atoms with Gasteiger partial charge in [0, 0.05) is 48.3 Å². The molecule has 0 bridgehead atoms. The summed E-state index contributed by atoms with van der Waals surface area (Å²) in [6.07, 6.45) is 4.77. The SMILES string of the molecule is CCC(C)C(N)C(=O)NC(CCC(N)=O)C(=O)NC(Cc1cnc[nH]1)C(=O)NC(Cc1c[nH]c2ccccc12)C(=O)O. The first-order valence-corrected chi connectivity index (χ1v) is 13.7. The molecule has 3 aromatic rings. The average molecular weight is 583 g/mol. The van der Waals surface area contributed by atoms with Crippen molar-refractivity contribution in [2.24, 2.45) is 17.4 Å². The first-order chi connectivity index (χ1) is 20.0. The van der Waals surface area contributed by atoms with Gasteiger partial charge in [-0.15, -0.1) is 0 Å². The molecule has 0 aliphatic heterocycles. The van der Waals surface area contributed by atoms with Gasteiger partial charge >= 0.3 is 5.97 Å². The van der Waals surface area contributed by atoms with Gasteiger partial charge in [-0.2, -0.15) is 0 Å². The summed E-state index contributed by atoms with van der Waals surface area (Å²) in [7, 11) is 0. The fraction of sp³-hybridized carbons (Fsp3) is 0.429. The zero-order valence-corrected chi connectivity index (χ0v) is 23.6. The summed E-state index contributed by atoms with van der Waals surface area (Å²) in [5.74, 6) is -4.22. The molecule has 14 nitrogen and oxygen atoms in total. The largest absolute Gasteiger partial charge is 0.480 e. The van der Waals surface area contributed by atoms with E-state index in [1.807, 2.05) is 31.2 Å². The lowest BCUT2D eigenvalue weighted by Gasteiger charge is -2.26. The Bertz CT molecular complexity index is 1390. The van der Waals surface area contributed by atoms with Gasteiger partial charge < -0.3 is 42.5 Å². The van der Waals surface area contributed by atoms with Crippen LogP contribution in [0.3, 0.4) is 0 Å². The maximum absolute atomic E-state index is 13.4.